The van der Waals surface area contributed by atoms with Crippen LogP contribution in [0.25, 0.3) is 16.7 Å². The SMILES string of the molecule is CCc1cccc(-c2c(F)cccc2/C(=C\CCCOC)C2CCN(C(=O)c3ccc(CCN)cc3)CC2)c1. The van der Waals surface area contributed by atoms with Crippen LogP contribution in [0.1, 0.15) is 59.7 Å². The van der Waals surface area contributed by atoms with Crippen LogP contribution in [0.3, 0.4) is 0 Å². The Morgan fingerprint density at radius 3 is 2.49 bits per heavy atom. The molecule has 0 unspecified atom stereocenters. The molecule has 39 heavy (non-hydrogen) atoms. The number of amides is 1. The quantitative estimate of drug-likeness (QED) is 0.275. The van der Waals surface area contributed by atoms with E-state index in [-0.39, 0.29) is 17.6 Å². The third kappa shape index (κ3) is 7.23. The lowest BCUT2D eigenvalue weighted by atomic mass is 9.81. The van der Waals surface area contributed by atoms with E-state index in [1.54, 1.807) is 13.2 Å². The Labute approximate surface area is 232 Å². The number of aryl methyl sites for hydroxylation is 1. The predicted molar refractivity (Wildman–Crippen MR) is 158 cm³/mol. The summed E-state index contributed by atoms with van der Waals surface area (Å²) >= 11 is 0. The first kappa shape index (κ1) is 28.7. The highest BCUT2D eigenvalue weighted by Crippen LogP contribution is 2.39. The number of hydrogen-bond donors (Lipinski definition) is 1. The smallest absolute Gasteiger partial charge is 0.253 e. The molecular formula is C34H41FN2O2. The second-order valence-corrected chi connectivity index (χ2v) is 10.3. The lowest BCUT2D eigenvalue weighted by Gasteiger charge is -2.34. The molecule has 0 atom stereocenters. The van der Waals surface area contributed by atoms with E-state index in [4.69, 9.17) is 10.5 Å². The zero-order valence-electron chi connectivity index (χ0n) is 23.3. The summed E-state index contributed by atoms with van der Waals surface area (Å²) in [5, 5.41) is 0. The van der Waals surface area contributed by atoms with Gasteiger partial charge < -0.3 is 15.4 Å². The zero-order chi connectivity index (χ0) is 27.6. The highest BCUT2D eigenvalue weighted by molar-refractivity contribution is 5.94. The average molecular weight is 529 g/mol. The molecule has 1 saturated heterocycles. The topological polar surface area (TPSA) is 55.6 Å². The second kappa shape index (κ2) is 14.2. The molecule has 1 aliphatic rings. The number of carbonyl (C=O) groups is 1. The molecule has 4 rings (SSSR count). The molecule has 5 heteroatoms. The summed E-state index contributed by atoms with van der Waals surface area (Å²) in [6.07, 6.45) is 7.45. The van der Waals surface area contributed by atoms with Crippen molar-refractivity contribution in [3.8, 4) is 11.1 Å². The molecular weight excluding hydrogens is 487 g/mol. The fraction of sp³-hybridized carbons (Fsp3) is 0.382. The minimum atomic E-state index is -0.200. The van der Waals surface area contributed by atoms with Crippen LogP contribution in [0.2, 0.25) is 0 Å². The minimum Gasteiger partial charge on any atom is -0.385 e. The Balaban J connectivity index is 1.58. The van der Waals surface area contributed by atoms with Gasteiger partial charge in [0.05, 0.1) is 0 Å². The summed E-state index contributed by atoms with van der Waals surface area (Å²) < 4.78 is 20.7. The highest BCUT2D eigenvalue weighted by Gasteiger charge is 2.28. The maximum atomic E-state index is 15.5. The number of ether oxygens (including phenoxy) is 1. The molecule has 1 aliphatic heterocycles. The van der Waals surface area contributed by atoms with E-state index in [9.17, 15) is 4.79 Å². The summed E-state index contributed by atoms with van der Waals surface area (Å²) in [5.41, 5.74) is 12.4. The van der Waals surface area contributed by atoms with Gasteiger partial charge in [0, 0.05) is 37.9 Å². The third-order valence-electron chi connectivity index (χ3n) is 7.72. The second-order valence-electron chi connectivity index (χ2n) is 10.3. The normalized spacial score (nSPS) is 14.6. The lowest BCUT2D eigenvalue weighted by Crippen LogP contribution is -2.38. The molecule has 3 aromatic rings. The largest absolute Gasteiger partial charge is 0.385 e. The van der Waals surface area contributed by atoms with Gasteiger partial charge in [-0.15, -0.1) is 0 Å². The van der Waals surface area contributed by atoms with E-state index in [1.165, 1.54) is 11.1 Å². The number of halogens is 1. The number of unbranched alkanes of at least 4 members (excludes halogenated alkanes) is 1. The van der Waals surface area contributed by atoms with Gasteiger partial charge in [0.1, 0.15) is 5.82 Å². The molecule has 0 saturated carbocycles. The van der Waals surface area contributed by atoms with Gasteiger partial charge in [0.25, 0.3) is 5.91 Å². The Hall–Kier alpha value is -3.28. The van der Waals surface area contributed by atoms with Gasteiger partial charge in [-0.05, 0) is 97.0 Å². The number of allylic oxidation sites excluding steroid dienone is 2. The van der Waals surface area contributed by atoms with Crippen molar-refractivity contribution < 1.29 is 13.9 Å². The van der Waals surface area contributed by atoms with Gasteiger partial charge in [0.2, 0.25) is 0 Å². The monoisotopic (exact) mass is 528 g/mol. The maximum absolute atomic E-state index is 15.5. The molecule has 2 N–H and O–H groups in total. The molecule has 0 aromatic heterocycles. The Bertz CT molecular complexity index is 1260. The summed E-state index contributed by atoms with van der Waals surface area (Å²) in [5.74, 6) is 0.119. The van der Waals surface area contributed by atoms with Crippen molar-refractivity contribution >= 4 is 11.5 Å². The lowest BCUT2D eigenvalue weighted by molar-refractivity contribution is 0.0708. The van der Waals surface area contributed by atoms with Gasteiger partial charge in [-0.1, -0.05) is 61.5 Å². The molecule has 1 amide bonds. The van der Waals surface area contributed by atoms with Crippen molar-refractivity contribution in [1.29, 1.82) is 0 Å². The van der Waals surface area contributed by atoms with Crippen molar-refractivity contribution in [2.75, 3.05) is 33.4 Å². The Morgan fingerprint density at radius 2 is 1.79 bits per heavy atom. The summed E-state index contributed by atoms with van der Waals surface area (Å²) in [7, 11) is 1.72. The fourth-order valence-corrected chi connectivity index (χ4v) is 5.54. The summed E-state index contributed by atoms with van der Waals surface area (Å²) in [6, 6.07) is 21.4. The maximum Gasteiger partial charge on any atom is 0.253 e. The van der Waals surface area contributed by atoms with Gasteiger partial charge in [-0.25, -0.2) is 4.39 Å². The van der Waals surface area contributed by atoms with Crippen LogP contribution in [0, 0.1) is 11.7 Å². The van der Waals surface area contributed by atoms with Crippen LogP contribution in [-0.2, 0) is 17.6 Å². The van der Waals surface area contributed by atoms with Gasteiger partial charge in [0.15, 0.2) is 0 Å². The number of carbonyl (C=O) groups excluding carboxylic acids is 1. The fourth-order valence-electron chi connectivity index (χ4n) is 5.54. The van der Waals surface area contributed by atoms with Crippen LogP contribution in [-0.4, -0.2) is 44.2 Å². The average Bonchev–Trinajstić information content (AvgIpc) is 2.97. The number of likely N-dealkylation sites (tertiary alicyclic amines) is 1. The minimum absolute atomic E-state index is 0.0706. The molecule has 4 nitrogen and oxygen atoms in total. The number of nitrogens with two attached hydrogens (primary N) is 1. The van der Waals surface area contributed by atoms with Crippen molar-refractivity contribution in [1.82, 2.24) is 4.90 Å². The van der Waals surface area contributed by atoms with Crippen molar-refractivity contribution in [2.24, 2.45) is 11.7 Å². The molecule has 0 spiro atoms. The third-order valence-corrected chi connectivity index (χ3v) is 7.72. The van der Waals surface area contributed by atoms with Crippen LogP contribution in [0.5, 0.6) is 0 Å². The van der Waals surface area contributed by atoms with Crippen LogP contribution >= 0.6 is 0 Å². The standard InChI is InChI=1S/C34H41FN2O2/c1-3-25-8-6-9-29(24-25)33-31(11-7-12-32(33)35)30(10-4-5-23-39-2)27-18-21-37(22-19-27)34(38)28-15-13-26(14-16-28)17-20-36/h6-16,24,27H,3-5,17-23,36H2,1-2H3/b30-10-. The Kier molecular flexibility index (Phi) is 10.5. The van der Waals surface area contributed by atoms with Gasteiger partial charge in [-0.3, -0.25) is 4.79 Å². The molecule has 0 radical (unpaired) electrons. The highest BCUT2D eigenvalue weighted by atomic mass is 19.1. The molecule has 0 aliphatic carbocycles. The van der Waals surface area contributed by atoms with E-state index in [0.717, 1.165) is 55.2 Å². The molecule has 1 fully saturated rings. The van der Waals surface area contributed by atoms with Gasteiger partial charge >= 0.3 is 0 Å². The number of rotatable bonds is 11. The predicted octanol–water partition coefficient (Wildman–Crippen LogP) is 6.92. The number of methoxy groups -OCH3 is 1. The first-order valence-corrected chi connectivity index (χ1v) is 14.2. The van der Waals surface area contributed by atoms with Crippen LogP contribution in [0.15, 0.2) is 72.8 Å². The van der Waals surface area contributed by atoms with E-state index in [2.05, 4.69) is 31.2 Å². The van der Waals surface area contributed by atoms with Crippen molar-refractivity contribution in [3.05, 3.63) is 101 Å². The summed E-state index contributed by atoms with van der Waals surface area (Å²) in [6.45, 7) is 4.76. The van der Waals surface area contributed by atoms with E-state index in [1.807, 2.05) is 47.4 Å². The van der Waals surface area contributed by atoms with E-state index < -0.39 is 0 Å². The number of hydrogen-bond acceptors (Lipinski definition) is 3. The molecule has 0 bridgehead atoms. The molecule has 3 aromatic carbocycles. The Morgan fingerprint density at radius 1 is 1.05 bits per heavy atom. The van der Waals surface area contributed by atoms with Crippen molar-refractivity contribution in [3.63, 3.8) is 0 Å². The van der Waals surface area contributed by atoms with Gasteiger partial charge in [-0.2, -0.15) is 0 Å². The number of piperidine rings is 1. The number of benzene rings is 3. The molecule has 206 valence electrons. The zero-order valence-corrected chi connectivity index (χ0v) is 23.3. The van der Waals surface area contributed by atoms with E-state index >= 15 is 4.39 Å². The van der Waals surface area contributed by atoms with Crippen LogP contribution < -0.4 is 5.73 Å². The van der Waals surface area contributed by atoms with Crippen molar-refractivity contribution in [2.45, 2.75) is 45.4 Å². The van der Waals surface area contributed by atoms with Crippen LogP contribution in [0.4, 0.5) is 4.39 Å². The summed E-state index contributed by atoms with van der Waals surface area (Å²) in [4.78, 5) is 15.2. The molecule has 1 heterocycles. The first-order valence-electron chi connectivity index (χ1n) is 14.2. The first-order chi connectivity index (χ1) is 19.0. The van der Waals surface area contributed by atoms with E-state index in [0.29, 0.717) is 37.4 Å². The number of nitrogens with zero attached hydrogens (tertiary/aromatic N) is 1.